The lowest BCUT2D eigenvalue weighted by Gasteiger charge is -2.17. The van der Waals surface area contributed by atoms with Gasteiger partial charge in [0.25, 0.3) is 0 Å². The number of ether oxygens (including phenoxy) is 1. The van der Waals surface area contributed by atoms with Gasteiger partial charge in [-0.15, -0.1) is 5.10 Å². The monoisotopic (exact) mass is 287 g/mol. The normalized spacial score (nSPS) is 20.0. The molecule has 1 aliphatic carbocycles. The molecule has 1 heterocycles. The topological polar surface area (TPSA) is 36.9 Å². The molecule has 1 aliphatic heterocycles. The van der Waals surface area contributed by atoms with Crippen LogP contribution in [0.5, 0.6) is 0 Å². The molecule has 0 saturated heterocycles. The highest BCUT2D eigenvalue weighted by Gasteiger charge is 2.14. The van der Waals surface area contributed by atoms with Crippen LogP contribution in [0.1, 0.15) is 51.0 Å². The zero-order valence-electron chi connectivity index (χ0n) is 12.8. The predicted molar refractivity (Wildman–Crippen MR) is 86.3 cm³/mol. The Kier molecular flexibility index (Phi) is 4.76. The molecule has 0 bridgehead atoms. The third-order valence-electron chi connectivity index (χ3n) is 4.34. The minimum atomic E-state index is 0.519. The zero-order chi connectivity index (χ0) is 14.5. The maximum Gasteiger partial charge on any atom is 0.205 e. The van der Waals surface area contributed by atoms with Crippen LogP contribution in [-0.4, -0.2) is 18.7 Å². The maximum atomic E-state index is 5.35. The summed E-state index contributed by atoms with van der Waals surface area (Å²) < 4.78 is 5.35. The largest absolute Gasteiger partial charge is 0.457 e. The molecule has 114 valence electrons. The molecule has 21 heavy (non-hydrogen) atoms. The summed E-state index contributed by atoms with van der Waals surface area (Å²) in [6.07, 6.45) is 8.23. The first-order valence-corrected chi connectivity index (χ1v) is 8.09. The lowest BCUT2D eigenvalue weighted by atomic mass is 10.1. The molecule has 0 unspecified atom stereocenters. The predicted octanol–water partition coefficient (Wildman–Crippen LogP) is 3.63. The van der Waals surface area contributed by atoms with Crippen molar-refractivity contribution in [3.05, 3.63) is 29.8 Å². The molecule has 1 fully saturated rings. The lowest BCUT2D eigenvalue weighted by Crippen LogP contribution is -2.27. The van der Waals surface area contributed by atoms with Crippen molar-refractivity contribution in [2.45, 2.75) is 58.0 Å². The van der Waals surface area contributed by atoms with E-state index < -0.39 is 0 Å². The third kappa shape index (κ3) is 3.97. The highest BCUT2D eigenvalue weighted by Crippen LogP contribution is 2.20. The van der Waals surface area contributed by atoms with Gasteiger partial charge in [0.1, 0.15) is 0 Å². The minimum absolute atomic E-state index is 0.519. The van der Waals surface area contributed by atoms with E-state index in [1.165, 1.54) is 44.1 Å². The molecular weight excluding hydrogens is 262 g/mol. The number of anilines is 1. The van der Waals surface area contributed by atoms with Crippen molar-refractivity contribution in [3.8, 4) is 0 Å². The van der Waals surface area contributed by atoms with Crippen LogP contribution in [0, 0.1) is 0 Å². The van der Waals surface area contributed by atoms with Gasteiger partial charge in [-0.1, -0.05) is 37.8 Å². The van der Waals surface area contributed by atoms with Gasteiger partial charge in [0.15, 0.2) is 6.73 Å². The van der Waals surface area contributed by atoms with Crippen LogP contribution in [0.3, 0.4) is 0 Å². The van der Waals surface area contributed by atoms with Crippen molar-refractivity contribution < 1.29 is 4.74 Å². The van der Waals surface area contributed by atoms with Gasteiger partial charge in [-0.3, -0.25) is 0 Å². The standard InChI is InChI=1S/C17H25N3O/c1-14-19-20(13-21-14)17-10-8-15(9-11-17)12-18-16-6-4-2-3-5-7-16/h8-11,16,18H,2-7,12-13H2,1H3. The Morgan fingerprint density at radius 2 is 1.86 bits per heavy atom. The summed E-state index contributed by atoms with van der Waals surface area (Å²) in [4.78, 5) is 0. The molecule has 0 radical (unpaired) electrons. The highest BCUT2D eigenvalue weighted by molar-refractivity contribution is 5.76. The van der Waals surface area contributed by atoms with E-state index in [1.54, 1.807) is 0 Å². The molecule has 1 N–H and O–H groups in total. The van der Waals surface area contributed by atoms with Crippen molar-refractivity contribution in [2.75, 3.05) is 11.7 Å². The molecule has 1 aromatic carbocycles. The van der Waals surface area contributed by atoms with Gasteiger partial charge in [-0.25, -0.2) is 5.01 Å². The van der Waals surface area contributed by atoms with E-state index in [2.05, 4.69) is 34.7 Å². The summed E-state index contributed by atoms with van der Waals surface area (Å²) in [5.41, 5.74) is 2.42. The van der Waals surface area contributed by atoms with E-state index >= 15 is 0 Å². The van der Waals surface area contributed by atoms with Gasteiger partial charge in [-0.2, -0.15) is 0 Å². The summed E-state index contributed by atoms with van der Waals surface area (Å²) in [6, 6.07) is 9.31. The Labute approximate surface area is 127 Å². The van der Waals surface area contributed by atoms with E-state index in [0.29, 0.717) is 12.8 Å². The summed E-state index contributed by atoms with van der Waals surface area (Å²) in [7, 11) is 0. The van der Waals surface area contributed by atoms with Crippen molar-refractivity contribution in [1.82, 2.24) is 5.32 Å². The van der Waals surface area contributed by atoms with E-state index in [1.807, 2.05) is 11.9 Å². The van der Waals surface area contributed by atoms with Crippen molar-refractivity contribution in [1.29, 1.82) is 0 Å². The Bertz CT molecular complexity index is 475. The van der Waals surface area contributed by atoms with Crippen LogP contribution in [0.2, 0.25) is 0 Å². The first-order chi connectivity index (χ1) is 10.3. The molecule has 0 atom stereocenters. The fourth-order valence-corrected chi connectivity index (χ4v) is 3.05. The summed E-state index contributed by atoms with van der Waals surface area (Å²) >= 11 is 0. The third-order valence-corrected chi connectivity index (χ3v) is 4.34. The quantitative estimate of drug-likeness (QED) is 0.859. The highest BCUT2D eigenvalue weighted by atomic mass is 16.5. The van der Waals surface area contributed by atoms with Gasteiger partial charge < -0.3 is 10.1 Å². The van der Waals surface area contributed by atoms with E-state index in [4.69, 9.17) is 4.74 Å². The minimum Gasteiger partial charge on any atom is -0.457 e. The maximum absolute atomic E-state index is 5.35. The van der Waals surface area contributed by atoms with Crippen molar-refractivity contribution in [2.24, 2.45) is 5.10 Å². The van der Waals surface area contributed by atoms with E-state index in [0.717, 1.165) is 18.1 Å². The van der Waals surface area contributed by atoms with Gasteiger partial charge in [0.05, 0.1) is 5.69 Å². The van der Waals surface area contributed by atoms with Gasteiger partial charge in [-0.05, 0) is 30.5 Å². The van der Waals surface area contributed by atoms with Crippen molar-refractivity contribution in [3.63, 3.8) is 0 Å². The fraction of sp³-hybridized carbons (Fsp3) is 0.588. The summed E-state index contributed by atoms with van der Waals surface area (Å²) in [5.74, 6) is 0.731. The molecule has 0 spiro atoms. The van der Waals surface area contributed by atoms with E-state index in [9.17, 15) is 0 Å². The molecule has 3 rings (SSSR count). The Balaban J connectivity index is 1.52. The molecule has 1 saturated carbocycles. The first-order valence-electron chi connectivity index (χ1n) is 8.09. The van der Waals surface area contributed by atoms with E-state index in [-0.39, 0.29) is 0 Å². The number of hydrogen-bond acceptors (Lipinski definition) is 4. The average Bonchev–Trinajstić information content (AvgIpc) is 2.78. The Hall–Kier alpha value is -1.55. The Morgan fingerprint density at radius 3 is 2.48 bits per heavy atom. The number of benzene rings is 1. The number of hydrazone groups is 1. The number of hydrogen-bond donors (Lipinski definition) is 1. The second-order valence-electron chi connectivity index (χ2n) is 6.03. The second-order valence-corrected chi connectivity index (χ2v) is 6.03. The second kappa shape index (κ2) is 6.94. The zero-order valence-corrected chi connectivity index (χ0v) is 12.8. The van der Waals surface area contributed by atoms with Gasteiger partial charge in [0, 0.05) is 19.5 Å². The molecule has 0 amide bonds. The molecular formula is C17H25N3O. The van der Waals surface area contributed by atoms with Gasteiger partial charge >= 0.3 is 0 Å². The smallest absolute Gasteiger partial charge is 0.205 e. The SMILES string of the molecule is CC1=NN(c2ccc(CNC3CCCCCC3)cc2)CO1. The van der Waals surface area contributed by atoms with Crippen molar-refractivity contribution >= 4 is 11.6 Å². The van der Waals surface area contributed by atoms with Gasteiger partial charge in [0.2, 0.25) is 5.90 Å². The number of rotatable bonds is 4. The fourth-order valence-electron chi connectivity index (χ4n) is 3.05. The van der Waals surface area contributed by atoms with Crippen LogP contribution in [0.4, 0.5) is 5.69 Å². The number of nitrogens with one attached hydrogen (secondary N) is 1. The van der Waals surface area contributed by atoms with Crippen LogP contribution in [0.15, 0.2) is 29.4 Å². The van der Waals surface area contributed by atoms with Crippen LogP contribution in [0.25, 0.3) is 0 Å². The molecule has 4 heteroatoms. The number of nitrogens with zero attached hydrogens (tertiary/aromatic N) is 2. The Morgan fingerprint density at radius 1 is 1.14 bits per heavy atom. The van der Waals surface area contributed by atoms with Crippen LogP contribution in [-0.2, 0) is 11.3 Å². The average molecular weight is 287 g/mol. The molecule has 4 nitrogen and oxygen atoms in total. The van der Waals surface area contributed by atoms with Crippen LogP contribution < -0.4 is 10.3 Å². The van der Waals surface area contributed by atoms with Crippen LogP contribution >= 0.6 is 0 Å². The summed E-state index contributed by atoms with van der Waals surface area (Å²) in [6.45, 7) is 3.36. The molecule has 1 aromatic rings. The first kappa shape index (κ1) is 14.4. The summed E-state index contributed by atoms with van der Waals surface area (Å²) in [5, 5.41) is 9.93. The molecule has 2 aliphatic rings. The molecule has 0 aromatic heterocycles. The lowest BCUT2D eigenvalue weighted by molar-refractivity contribution is 0.335.